The summed E-state index contributed by atoms with van der Waals surface area (Å²) in [5.41, 5.74) is 6.12. The number of nitriles is 2. The van der Waals surface area contributed by atoms with Gasteiger partial charge in [-0.05, 0) is 24.3 Å². The number of anilines is 1. The Bertz CT molecular complexity index is 706. The normalized spacial score (nSPS) is 23.1. The number of aromatic nitrogens is 1. The Hall–Kier alpha value is -2.25. The van der Waals surface area contributed by atoms with Gasteiger partial charge in [0, 0.05) is 6.04 Å². The fourth-order valence-electron chi connectivity index (χ4n) is 2.96. The van der Waals surface area contributed by atoms with Gasteiger partial charge in [0.2, 0.25) is 5.91 Å². The van der Waals surface area contributed by atoms with Crippen LogP contribution in [0.5, 0.6) is 0 Å². The molecule has 0 saturated heterocycles. The van der Waals surface area contributed by atoms with Crippen LogP contribution in [-0.2, 0) is 4.79 Å². The number of nitrogens with zero attached hydrogens (tertiary/aromatic N) is 3. The van der Waals surface area contributed by atoms with Gasteiger partial charge in [-0.15, -0.1) is 0 Å². The number of pyridine rings is 1. The average molecular weight is 343 g/mol. The first kappa shape index (κ1) is 18.1. The third-order valence-corrected chi connectivity index (χ3v) is 5.64. The molecule has 1 aromatic heterocycles. The number of hydrogen-bond donors (Lipinski definition) is 2. The number of amides is 1. The molecule has 1 amide bonds. The van der Waals surface area contributed by atoms with Crippen LogP contribution in [0.1, 0.15) is 44.2 Å². The summed E-state index contributed by atoms with van der Waals surface area (Å²) in [4.78, 5) is 16.3. The van der Waals surface area contributed by atoms with Crippen LogP contribution >= 0.6 is 11.8 Å². The number of nitrogens with two attached hydrogens (primary N) is 1. The molecule has 0 bridgehead atoms. The minimum Gasteiger partial charge on any atom is -0.383 e. The molecule has 24 heavy (non-hydrogen) atoms. The molecular formula is C17H21N5OS. The maximum absolute atomic E-state index is 12.2. The molecule has 0 aromatic carbocycles. The predicted octanol–water partition coefficient (Wildman–Crippen LogP) is 2.44. The van der Waals surface area contributed by atoms with Crippen LogP contribution in [-0.4, -0.2) is 22.7 Å². The van der Waals surface area contributed by atoms with Crippen molar-refractivity contribution in [3.05, 3.63) is 17.2 Å². The van der Waals surface area contributed by atoms with Gasteiger partial charge in [-0.25, -0.2) is 4.98 Å². The highest BCUT2D eigenvalue weighted by molar-refractivity contribution is 8.00. The molecule has 3 atom stereocenters. The van der Waals surface area contributed by atoms with Crippen molar-refractivity contribution in [3.8, 4) is 12.1 Å². The van der Waals surface area contributed by atoms with Crippen molar-refractivity contribution >= 4 is 23.5 Å². The van der Waals surface area contributed by atoms with E-state index in [0.717, 1.165) is 12.8 Å². The quantitative estimate of drug-likeness (QED) is 0.811. The highest BCUT2D eigenvalue weighted by Gasteiger charge is 2.28. The van der Waals surface area contributed by atoms with Crippen LogP contribution in [0.15, 0.2) is 11.1 Å². The third-order valence-electron chi connectivity index (χ3n) is 4.65. The summed E-state index contributed by atoms with van der Waals surface area (Å²) in [7, 11) is 0. The van der Waals surface area contributed by atoms with Gasteiger partial charge in [0.15, 0.2) is 0 Å². The lowest BCUT2D eigenvalue weighted by atomic mass is 9.78. The number of carbonyl (C=O) groups is 1. The number of rotatable bonds is 4. The van der Waals surface area contributed by atoms with E-state index in [1.165, 1.54) is 24.2 Å². The standard InChI is InChI=1S/C17H21N5OS/c1-10-4-3-5-14(11(10)2)21-15(23)9-24-17-13(8-19)6-12(7-18)16(20)22-17/h6,10-11,14H,3-5,9H2,1-2H3,(H2,20,22)(H,21,23)/t10-,11-,14-/m1/s1. The Morgan fingerprint density at radius 3 is 2.75 bits per heavy atom. The predicted molar refractivity (Wildman–Crippen MR) is 92.9 cm³/mol. The summed E-state index contributed by atoms with van der Waals surface area (Å²) in [6.07, 6.45) is 3.35. The smallest absolute Gasteiger partial charge is 0.230 e. The summed E-state index contributed by atoms with van der Waals surface area (Å²) in [6, 6.07) is 5.51. The summed E-state index contributed by atoms with van der Waals surface area (Å²) in [5, 5.41) is 21.6. The number of hydrogen-bond acceptors (Lipinski definition) is 6. The monoisotopic (exact) mass is 343 g/mol. The zero-order valence-electron chi connectivity index (χ0n) is 13.9. The SMILES string of the molecule is C[C@@H]1[C@H](C)CCC[C@H]1NC(=O)CSc1nc(N)c(C#N)cc1C#N. The molecule has 3 N–H and O–H groups in total. The van der Waals surface area contributed by atoms with E-state index in [1.54, 1.807) is 0 Å². The number of nitrogen functional groups attached to an aromatic ring is 1. The zero-order chi connectivity index (χ0) is 17.7. The number of thioether (sulfide) groups is 1. The minimum absolute atomic E-state index is 0.0698. The van der Waals surface area contributed by atoms with Gasteiger partial charge in [0.1, 0.15) is 23.0 Å². The second-order valence-electron chi connectivity index (χ2n) is 6.23. The summed E-state index contributed by atoms with van der Waals surface area (Å²) < 4.78 is 0. The fourth-order valence-corrected chi connectivity index (χ4v) is 3.73. The Kier molecular flexibility index (Phi) is 6.05. The lowest BCUT2D eigenvalue weighted by Crippen LogP contribution is -2.44. The third kappa shape index (κ3) is 4.18. The lowest BCUT2D eigenvalue weighted by molar-refractivity contribution is -0.119. The molecule has 2 rings (SSSR count). The molecule has 1 aromatic rings. The average Bonchev–Trinajstić information content (AvgIpc) is 2.57. The Labute approximate surface area is 146 Å². The molecule has 1 aliphatic rings. The van der Waals surface area contributed by atoms with E-state index in [0.29, 0.717) is 16.9 Å². The number of carbonyl (C=O) groups excluding carboxylic acids is 1. The van der Waals surface area contributed by atoms with Crippen LogP contribution in [0.2, 0.25) is 0 Å². The fraction of sp³-hybridized carbons (Fsp3) is 0.529. The summed E-state index contributed by atoms with van der Waals surface area (Å²) in [5.74, 6) is 1.26. The van der Waals surface area contributed by atoms with Crippen molar-refractivity contribution in [1.82, 2.24) is 10.3 Å². The van der Waals surface area contributed by atoms with Gasteiger partial charge in [-0.2, -0.15) is 10.5 Å². The molecule has 1 saturated carbocycles. The zero-order valence-corrected chi connectivity index (χ0v) is 14.7. The maximum atomic E-state index is 12.2. The van der Waals surface area contributed by atoms with E-state index in [2.05, 4.69) is 24.1 Å². The van der Waals surface area contributed by atoms with Crippen LogP contribution in [0, 0.1) is 34.5 Å². The largest absolute Gasteiger partial charge is 0.383 e. The van der Waals surface area contributed by atoms with Crippen molar-refractivity contribution < 1.29 is 4.79 Å². The van der Waals surface area contributed by atoms with Crippen LogP contribution in [0.4, 0.5) is 5.82 Å². The van der Waals surface area contributed by atoms with Gasteiger partial charge in [-0.1, -0.05) is 38.5 Å². The lowest BCUT2D eigenvalue weighted by Gasteiger charge is -2.34. The molecule has 0 spiro atoms. The topological polar surface area (TPSA) is 116 Å². The summed E-state index contributed by atoms with van der Waals surface area (Å²) in [6.45, 7) is 4.40. The van der Waals surface area contributed by atoms with Crippen molar-refractivity contribution in [2.24, 2.45) is 11.8 Å². The van der Waals surface area contributed by atoms with Gasteiger partial charge >= 0.3 is 0 Å². The van der Waals surface area contributed by atoms with E-state index in [1.807, 2.05) is 12.1 Å². The van der Waals surface area contributed by atoms with E-state index in [9.17, 15) is 4.79 Å². The first-order valence-electron chi connectivity index (χ1n) is 7.99. The van der Waals surface area contributed by atoms with Crippen molar-refractivity contribution in [2.45, 2.75) is 44.2 Å². The van der Waals surface area contributed by atoms with Crippen molar-refractivity contribution in [3.63, 3.8) is 0 Å². The molecule has 1 fully saturated rings. The highest BCUT2D eigenvalue weighted by atomic mass is 32.2. The Balaban J connectivity index is 1.98. The molecule has 0 radical (unpaired) electrons. The van der Waals surface area contributed by atoms with E-state index in [4.69, 9.17) is 16.3 Å². The van der Waals surface area contributed by atoms with Crippen LogP contribution < -0.4 is 11.1 Å². The molecule has 0 unspecified atom stereocenters. The Morgan fingerprint density at radius 2 is 2.08 bits per heavy atom. The highest BCUT2D eigenvalue weighted by Crippen LogP contribution is 2.30. The molecule has 7 heteroatoms. The number of nitrogens with one attached hydrogen (secondary N) is 1. The first-order valence-corrected chi connectivity index (χ1v) is 8.97. The maximum Gasteiger partial charge on any atom is 0.230 e. The van der Waals surface area contributed by atoms with Gasteiger partial charge < -0.3 is 11.1 Å². The van der Waals surface area contributed by atoms with E-state index in [-0.39, 0.29) is 34.6 Å². The van der Waals surface area contributed by atoms with Gasteiger partial charge in [0.05, 0.1) is 16.9 Å². The first-order chi connectivity index (χ1) is 11.5. The van der Waals surface area contributed by atoms with Crippen LogP contribution in [0.25, 0.3) is 0 Å². The minimum atomic E-state index is -0.0698. The second-order valence-corrected chi connectivity index (χ2v) is 7.19. The van der Waals surface area contributed by atoms with E-state index >= 15 is 0 Å². The molecule has 1 heterocycles. The molecule has 0 aliphatic heterocycles. The van der Waals surface area contributed by atoms with E-state index < -0.39 is 0 Å². The molecule has 6 nitrogen and oxygen atoms in total. The molecule has 1 aliphatic carbocycles. The van der Waals surface area contributed by atoms with Gasteiger partial charge in [0.25, 0.3) is 0 Å². The van der Waals surface area contributed by atoms with Gasteiger partial charge in [-0.3, -0.25) is 4.79 Å². The Morgan fingerprint density at radius 1 is 1.38 bits per heavy atom. The summed E-state index contributed by atoms with van der Waals surface area (Å²) >= 11 is 1.17. The second kappa shape index (κ2) is 8.03. The van der Waals surface area contributed by atoms with Crippen LogP contribution in [0.3, 0.4) is 0 Å². The molecule has 126 valence electrons. The van der Waals surface area contributed by atoms with Crippen molar-refractivity contribution in [1.29, 1.82) is 10.5 Å². The molecular weight excluding hydrogens is 322 g/mol. The van der Waals surface area contributed by atoms with Crippen molar-refractivity contribution in [2.75, 3.05) is 11.5 Å².